The van der Waals surface area contributed by atoms with Crippen LogP contribution in [0.2, 0.25) is 0 Å². The molecule has 1 aliphatic carbocycles. The van der Waals surface area contributed by atoms with Gasteiger partial charge in [0.2, 0.25) is 0 Å². The van der Waals surface area contributed by atoms with Crippen molar-refractivity contribution in [1.29, 1.82) is 0 Å². The number of hydrogen-bond donors (Lipinski definition) is 0. The van der Waals surface area contributed by atoms with Crippen molar-refractivity contribution in [3.05, 3.63) is 53.6 Å². The van der Waals surface area contributed by atoms with Gasteiger partial charge < -0.3 is 0 Å². The molecule has 0 radical (unpaired) electrons. The van der Waals surface area contributed by atoms with E-state index in [4.69, 9.17) is 0 Å². The fourth-order valence-corrected chi connectivity index (χ4v) is 2.34. The molecule has 0 aliphatic heterocycles. The van der Waals surface area contributed by atoms with Gasteiger partial charge in [0.05, 0.1) is 0 Å². The molecule has 1 aliphatic rings. The summed E-state index contributed by atoms with van der Waals surface area (Å²) in [5.74, 6) is 0. The minimum absolute atomic E-state index is 0.665. The zero-order valence-corrected chi connectivity index (χ0v) is 10.1. The predicted molar refractivity (Wildman–Crippen MR) is 70.2 cm³/mol. The standard InChI is InChI=1S/C14H16S/c1-11-4-3-5-13(10-11)12-6-8-14(15-2)9-7-12/h3-8,10,14H,9H2,1-2H3. The van der Waals surface area contributed by atoms with Gasteiger partial charge in [-0.25, -0.2) is 0 Å². The fourth-order valence-electron chi connectivity index (χ4n) is 1.81. The molecule has 0 amide bonds. The molecule has 1 atom stereocenters. The summed E-state index contributed by atoms with van der Waals surface area (Å²) < 4.78 is 0. The van der Waals surface area contributed by atoms with Crippen LogP contribution in [0.1, 0.15) is 17.5 Å². The van der Waals surface area contributed by atoms with Crippen molar-refractivity contribution in [3.63, 3.8) is 0 Å². The Kier molecular flexibility index (Phi) is 3.32. The first kappa shape index (κ1) is 10.6. The van der Waals surface area contributed by atoms with Crippen LogP contribution < -0.4 is 0 Å². The van der Waals surface area contributed by atoms with Crippen LogP contribution in [-0.4, -0.2) is 11.5 Å². The van der Waals surface area contributed by atoms with E-state index < -0.39 is 0 Å². The molecule has 0 saturated heterocycles. The van der Waals surface area contributed by atoms with Crippen LogP contribution >= 0.6 is 11.8 Å². The molecule has 1 unspecified atom stereocenters. The zero-order valence-electron chi connectivity index (χ0n) is 9.23. The van der Waals surface area contributed by atoms with Crippen molar-refractivity contribution in [2.75, 3.05) is 6.26 Å². The number of allylic oxidation sites excluding steroid dienone is 3. The first-order chi connectivity index (χ1) is 7.29. The van der Waals surface area contributed by atoms with E-state index in [1.807, 2.05) is 11.8 Å². The highest BCUT2D eigenvalue weighted by atomic mass is 32.2. The molecule has 2 rings (SSSR count). The number of rotatable bonds is 2. The van der Waals surface area contributed by atoms with Gasteiger partial charge in [-0.05, 0) is 30.7 Å². The molecule has 0 N–H and O–H groups in total. The van der Waals surface area contributed by atoms with Crippen molar-refractivity contribution < 1.29 is 0 Å². The first-order valence-corrected chi connectivity index (χ1v) is 6.56. The molecule has 15 heavy (non-hydrogen) atoms. The lowest BCUT2D eigenvalue weighted by Crippen LogP contribution is -2.00. The zero-order chi connectivity index (χ0) is 10.7. The average molecular weight is 216 g/mol. The summed E-state index contributed by atoms with van der Waals surface area (Å²) in [4.78, 5) is 0. The summed E-state index contributed by atoms with van der Waals surface area (Å²) >= 11 is 1.91. The normalized spacial score (nSPS) is 20.1. The Balaban J connectivity index is 2.20. The molecule has 0 nitrogen and oxygen atoms in total. The van der Waals surface area contributed by atoms with Crippen LogP contribution in [0.4, 0.5) is 0 Å². The average Bonchev–Trinajstić information content (AvgIpc) is 2.29. The van der Waals surface area contributed by atoms with Crippen LogP contribution in [0.3, 0.4) is 0 Å². The van der Waals surface area contributed by atoms with Crippen molar-refractivity contribution >= 4 is 17.3 Å². The van der Waals surface area contributed by atoms with Crippen LogP contribution in [0.25, 0.3) is 5.57 Å². The second-order valence-corrected chi connectivity index (χ2v) is 4.97. The van der Waals surface area contributed by atoms with E-state index in [9.17, 15) is 0 Å². The molecule has 1 aromatic rings. The van der Waals surface area contributed by atoms with Gasteiger partial charge in [-0.2, -0.15) is 11.8 Å². The third-order valence-electron chi connectivity index (χ3n) is 2.71. The SMILES string of the molecule is CSC1C=CC(c2cccc(C)c2)=CC1. The van der Waals surface area contributed by atoms with Crippen molar-refractivity contribution in [2.24, 2.45) is 0 Å². The summed E-state index contributed by atoms with van der Waals surface area (Å²) in [7, 11) is 0. The molecular formula is C14H16S. The van der Waals surface area contributed by atoms with E-state index in [0.29, 0.717) is 5.25 Å². The second kappa shape index (κ2) is 4.71. The van der Waals surface area contributed by atoms with Gasteiger partial charge >= 0.3 is 0 Å². The molecule has 78 valence electrons. The Morgan fingerprint density at radius 3 is 2.80 bits per heavy atom. The Bertz CT molecular complexity index is 402. The van der Waals surface area contributed by atoms with Gasteiger partial charge in [-0.15, -0.1) is 0 Å². The second-order valence-electron chi connectivity index (χ2n) is 3.90. The Morgan fingerprint density at radius 2 is 2.20 bits per heavy atom. The molecular weight excluding hydrogens is 200 g/mol. The summed E-state index contributed by atoms with van der Waals surface area (Å²) in [6.45, 7) is 2.14. The third kappa shape index (κ3) is 2.54. The summed E-state index contributed by atoms with van der Waals surface area (Å²) in [6.07, 6.45) is 10.2. The van der Waals surface area contributed by atoms with Crippen LogP contribution in [-0.2, 0) is 0 Å². The van der Waals surface area contributed by atoms with Crippen molar-refractivity contribution in [1.82, 2.24) is 0 Å². The highest BCUT2D eigenvalue weighted by molar-refractivity contribution is 7.99. The van der Waals surface area contributed by atoms with Crippen molar-refractivity contribution in [3.8, 4) is 0 Å². The van der Waals surface area contributed by atoms with Gasteiger partial charge in [0.15, 0.2) is 0 Å². The predicted octanol–water partition coefficient (Wildman–Crippen LogP) is 4.07. The van der Waals surface area contributed by atoms with Gasteiger partial charge in [0.1, 0.15) is 0 Å². The molecule has 0 spiro atoms. The monoisotopic (exact) mass is 216 g/mol. The lowest BCUT2D eigenvalue weighted by atomic mass is 9.98. The first-order valence-electron chi connectivity index (χ1n) is 5.28. The van der Waals surface area contributed by atoms with Gasteiger partial charge in [-0.1, -0.05) is 48.1 Å². The highest BCUT2D eigenvalue weighted by Gasteiger charge is 2.07. The maximum absolute atomic E-state index is 2.34. The summed E-state index contributed by atoms with van der Waals surface area (Å²) in [5, 5.41) is 0.665. The fraction of sp³-hybridized carbons (Fsp3) is 0.286. The summed E-state index contributed by atoms with van der Waals surface area (Å²) in [6, 6.07) is 8.69. The molecule has 0 heterocycles. The van der Waals surface area contributed by atoms with E-state index in [0.717, 1.165) is 6.42 Å². The van der Waals surface area contributed by atoms with Crippen LogP contribution in [0, 0.1) is 6.92 Å². The number of thioether (sulfide) groups is 1. The molecule has 0 bridgehead atoms. The molecule has 0 aromatic heterocycles. The molecule has 1 aromatic carbocycles. The number of hydrogen-bond acceptors (Lipinski definition) is 1. The largest absolute Gasteiger partial charge is 0.158 e. The Labute approximate surface area is 96.1 Å². The lowest BCUT2D eigenvalue weighted by Gasteiger charge is -2.14. The molecule has 0 fully saturated rings. The van der Waals surface area contributed by atoms with Crippen molar-refractivity contribution in [2.45, 2.75) is 18.6 Å². The Morgan fingerprint density at radius 1 is 1.33 bits per heavy atom. The van der Waals surface area contributed by atoms with Gasteiger partial charge in [0.25, 0.3) is 0 Å². The maximum atomic E-state index is 2.34. The highest BCUT2D eigenvalue weighted by Crippen LogP contribution is 2.26. The lowest BCUT2D eigenvalue weighted by molar-refractivity contribution is 1.06. The van der Waals surface area contributed by atoms with Gasteiger partial charge in [0, 0.05) is 5.25 Å². The molecule has 0 saturated carbocycles. The van der Waals surface area contributed by atoms with Crippen LogP contribution in [0.15, 0.2) is 42.5 Å². The third-order valence-corrected chi connectivity index (χ3v) is 3.67. The van der Waals surface area contributed by atoms with E-state index in [2.05, 4.69) is 55.7 Å². The van der Waals surface area contributed by atoms with E-state index in [1.165, 1.54) is 16.7 Å². The van der Waals surface area contributed by atoms with Gasteiger partial charge in [-0.3, -0.25) is 0 Å². The number of benzene rings is 1. The molecule has 1 heteroatoms. The number of aryl methyl sites for hydroxylation is 1. The minimum atomic E-state index is 0.665. The maximum Gasteiger partial charge on any atom is 0.0262 e. The minimum Gasteiger partial charge on any atom is -0.158 e. The van der Waals surface area contributed by atoms with E-state index in [1.54, 1.807) is 0 Å². The topological polar surface area (TPSA) is 0 Å². The van der Waals surface area contributed by atoms with E-state index >= 15 is 0 Å². The Hall–Kier alpha value is -0.950. The van der Waals surface area contributed by atoms with Crippen LogP contribution in [0.5, 0.6) is 0 Å². The quantitative estimate of drug-likeness (QED) is 0.718. The summed E-state index contributed by atoms with van der Waals surface area (Å²) in [5.41, 5.74) is 4.03. The smallest absolute Gasteiger partial charge is 0.0262 e. The van der Waals surface area contributed by atoms with E-state index in [-0.39, 0.29) is 0 Å².